The fourth-order valence-corrected chi connectivity index (χ4v) is 2.81. The van der Waals surface area contributed by atoms with E-state index in [1.807, 2.05) is 31.2 Å². The minimum absolute atomic E-state index is 0.206. The van der Waals surface area contributed by atoms with Gasteiger partial charge in [0.25, 0.3) is 5.92 Å². The number of aromatic nitrogens is 5. The maximum absolute atomic E-state index is 13.3. The van der Waals surface area contributed by atoms with Crippen LogP contribution < -0.4 is 0 Å². The number of aliphatic hydroxyl groups excluding tert-OH is 1. The highest BCUT2D eigenvalue weighted by atomic mass is 19.3. The number of aryl methyl sites for hydroxylation is 1. The second kappa shape index (κ2) is 5.73. The minimum Gasteiger partial charge on any atom is -0.386 e. The van der Waals surface area contributed by atoms with Gasteiger partial charge < -0.3 is 5.11 Å². The molecule has 4 rings (SSSR count). The number of hydrogen-bond donors (Lipinski definition) is 1. The fourth-order valence-electron chi connectivity index (χ4n) is 2.81. The molecule has 0 aliphatic heterocycles. The Labute approximate surface area is 142 Å². The van der Waals surface area contributed by atoms with Crippen molar-refractivity contribution in [2.75, 3.05) is 0 Å². The number of halogens is 2. The van der Waals surface area contributed by atoms with Gasteiger partial charge in [-0.1, -0.05) is 35.0 Å². The molecule has 1 unspecified atom stereocenters. The van der Waals surface area contributed by atoms with Crippen LogP contribution in [0.4, 0.5) is 8.78 Å². The van der Waals surface area contributed by atoms with Crippen LogP contribution in [0.1, 0.15) is 29.7 Å². The van der Waals surface area contributed by atoms with Crippen molar-refractivity contribution in [1.29, 1.82) is 0 Å². The van der Waals surface area contributed by atoms with E-state index in [1.54, 1.807) is 12.3 Å². The Bertz CT molecular complexity index is 887. The zero-order valence-corrected chi connectivity index (χ0v) is 13.5. The summed E-state index contributed by atoms with van der Waals surface area (Å²) in [6, 6.07) is 8.31. The fraction of sp³-hybridized carbons (Fsp3) is 0.353. The Balaban J connectivity index is 1.51. The van der Waals surface area contributed by atoms with E-state index in [4.69, 9.17) is 0 Å². The Morgan fingerprint density at radius 3 is 2.68 bits per heavy atom. The molecule has 1 fully saturated rings. The Morgan fingerprint density at radius 2 is 2.00 bits per heavy atom. The van der Waals surface area contributed by atoms with Gasteiger partial charge in [0.15, 0.2) is 0 Å². The van der Waals surface area contributed by atoms with Crippen LogP contribution in [0.5, 0.6) is 0 Å². The third-order valence-corrected chi connectivity index (χ3v) is 4.38. The minimum atomic E-state index is -2.71. The molecule has 0 saturated heterocycles. The maximum atomic E-state index is 13.3. The third kappa shape index (κ3) is 3.05. The van der Waals surface area contributed by atoms with Crippen LogP contribution in [0.15, 0.2) is 42.7 Å². The molecule has 1 N–H and O–H groups in total. The lowest BCUT2D eigenvalue weighted by Crippen LogP contribution is -2.09. The summed E-state index contributed by atoms with van der Waals surface area (Å²) >= 11 is 0. The van der Waals surface area contributed by atoms with Crippen molar-refractivity contribution in [3.63, 3.8) is 0 Å². The first-order chi connectivity index (χ1) is 11.9. The highest BCUT2D eigenvalue weighted by molar-refractivity contribution is 5.53. The smallest absolute Gasteiger partial charge is 0.272 e. The molecule has 25 heavy (non-hydrogen) atoms. The first-order valence-corrected chi connectivity index (χ1v) is 8.00. The number of hydrogen-bond acceptors (Lipinski definition) is 4. The number of alkyl halides is 2. The Kier molecular flexibility index (Phi) is 3.64. The zero-order chi connectivity index (χ0) is 17.6. The van der Waals surface area contributed by atoms with E-state index >= 15 is 0 Å². The van der Waals surface area contributed by atoms with Gasteiger partial charge in [0, 0.05) is 12.6 Å². The van der Waals surface area contributed by atoms with E-state index in [2.05, 4.69) is 15.4 Å². The predicted molar refractivity (Wildman–Crippen MR) is 86.0 cm³/mol. The van der Waals surface area contributed by atoms with Crippen LogP contribution in [0, 0.1) is 6.92 Å². The first kappa shape index (κ1) is 15.9. The van der Waals surface area contributed by atoms with Gasteiger partial charge in [-0.3, -0.25) is 4.68 Å². The lowest BCUT2D eigenvalue weighted by Gasteiger charge is -2.10. The molecule has 2 atom stereocenters. The average molecular weight is 345 g/mol. The van der Waals surface area contributed by atoms with E-state index in [0.29, 0.717) is 11.4 Å². The number of nitrogens with zero attached hydrogens (tertiary/aromatic N) is 5. The molecule has 8 heteroatoms. The topological polar surface area (TPSA) is 68.8 Å². The molecule has 1 aliphatic carbocycles. The summed E-state index contributed by atoms with van der Waals surface area (Å²) in [5, 5.41) is 22.3. The molecule has 0 bridgehead atoms. The summed E-state index contributed by atoms with van der Waals surface area (Å²) in [6.45, 7) is 2.20. The molecule has 0 spiro atoms. The van der Waals surface area contributed by atoms with Gasteiger partial charge in [-0.2, -0.15) is 5.10 Å². The van der Waals surface area contributed by atoms with Gasteiger partial charge in [-0.05, 0) is 18.6 Å². The van der Waals surface area contributed by atoms with Crippen molar-refractivity contribution >= 4 is 0 Å². The average Bonchev–Trinajstić information content (AvgIpc) is 2.99. The highest BCUT2D eigenvalue weighted by Gasteiger charge is 2.59. The molecule has 0 amide bonds. The highest BCUT2D eigenvalue weighted by Crippen LogP contribution is 2.53. The summed E-state index contributed by atoms with van der Waals surface area (Å²) < 4.78 is 29.4. The molecule has 6 nitrogen and oxygen atoms in total. The normalized spacial score (nSPS) is 19.8. The second-order valence-corrected chi connectivity index (χ2v) is 6.39. The molecule has 2 heterocycles. The van der Waals surface area contributed by atoms with Crippen LogP contribution in [0.2, 0.25) is 0 Å². The molecular formula is C17H17F2N5O. The van der Waals surface area contributed by atoms with E-state index < -0.39 is 18.1 Å². The van der Waals surface area contributed by atoms with E-state index in [0.717, 1.165) is 11.1 Å². The van der Waals surface area contributed by atoms with Gasteiger partial charge in [0.1, 0.15) is 11.7 Å². The quantitative estimate of drug-likeness (QED) is 0.772. The van der Waals surface area contributed by atoms with Crippen molar-refractivity contribution in [1.82, 2.24) is 24.8 Å². The largest absolute Gasteiger partial charge is 0.386 e. The molecule has 2 aromatic heterocycles. The van der Waals surface area contributed by atoms with Crippen LogP contribution >= 0.6 is 0 Å². The van der Waals surface area contributed by atoms with Gasteiger partial charge in [-0.15, -0.1) is 5.10 Å². The summed E-state index contributed by atoms with van der Waals surface area (Å²) in [6.07, 6.45) is 2.17. The third-order valence-electron chi connectivity index (χ3n) is 4.38. The van der Waals surface area contributed by atoms with Crippen LogP contribution in [0.3, 0.4) is 0 Å². The molecule has 0 radical (unpaired) electrons. The lowest BCUT2D eigenvalue weighted by molar-refractivity contribution is 0.0986. The summed E-state index contributed by atoms with van der Waals surface area (Å²) in [4.78, 5) is 0. The summed E-state index contributed by atoms with van der Waals surface area (Å²) in [5.41, 5.74) is 2.85. The van der Waals surface area contributed by atoms with Crippen LogP contribution in [-0.2, 0) is 6.54 Å². The van der Waals surface area contributed by atoms with Gasteiger partial charge in [0.05, 0.1) is 24.5 Å². The number of aliphatic hydroxyl groups is 1. The van der Waals surface area contributed by atoms with Crippen molar-refractivity contribution in [2.45, 2.75) is 38.0 Å². The van der Waals surface area contributed by atoms with Crippen molar-refractivity contribution in [3.05, 3.63) is 53.9 Å². The molecule has 1 aromatic carbocycles. The lowest BCUT2D eigenvalue weighted by atomic mass is 10.1. The number of benzene rings is 1. The molecule has 130 valence electrons. The SMILES string of the molecule is Cc1ccc([C@H](O)Cn2cc(-c3ccnn3C3CC3(F)F)nn2)cc1. The number of rotatable bonds is 5. The first-order valence-electron chi connectivity index (χ1n) is 8.00. The standard InChI is InChI=1S/C17H17F2N5O/c1-11-2-4-12(5-3-11)15(25)10-23-9-13(21-22-23)14-6-7-20-24(14)16-8-17(16,18)19/h2-7,9,15-16,25H,8,10H2,1H3/t15-,16?/m1/s1. The monoisotopic (exact) mass is 345 g/mol. The van der Waals surface area contributed by atoms with Crippen LogP contribution in [-0.4, -0.2) is 35.8 Å². The molecule has 1 aliphatic rings. The summed E-state index contributed by atoms with van der Waals surface area (Å²) in [5.74, 6) is -2.71. The van der Waals surface area contributed by atoms with Crippen molar-refractivity contribution < 1.29 is 13.9 Å². The maximum Gasteiger partial charge on any atom is 0.272 e. The van der Waals surface area contributed by atoms with E-state index in [1.165, 1.54) is 15.6 Å². The zero-order valence-electron chi connectivity index (χ0n) is 13.5. The van der Waals surface area contributed by atoms with Gasteiger partial charge >= 0.3 is 0 Å². The van der Waals surface area contributed by atoms with Crippen molar-refractivity contribution in [2.24, 2.45) is 0 Å². The molecular weight excluding hydrogens is 328 g/mol. The molecule has 1 saturated carbocycles. The van der Waals surface area contributed by atoms with Gasteiger partial charge in [-0.25, -0.2) is 13.5 Å². The summed E-state index contributed by atoms with van der Waals surface area (Å²) in [7, 11) is 0. The van der Waals surface area contributed by atoms with Crippen molar-refractivity contribution in [3.8, 4) is 11.4 Å². The Morgan fingerprint density at radius 1 is 1.28 bits per heavy atom. The van der Waals surface area contributed by atoms with E-state index in [9.17, 15) is 13.9 Å². The van der Waals surface area contributed by atoms with Gasteiger partial charge in [0.2, 0.25) is 0 Å². The second-order valence-electron chi connectivity index (χ2n) is 6.39. The van der Waals surface area contributed by atoms with Crippen LogP contribution in [0.25, 0.3) is 11.4 Å². The predicted octanol–water partition coefficient (Wildman–Crippen LogP) is 2.76. The Hall–Kier alpha value is -2.61. The van der Waals surface area contributed by atoms with E-state index in [-0.39, 0.29) is 13.0 Å². The molecule has 3 aromatic rings.